The lowest BCUT2D eigenvalue weighted by atomic mass is 10.2. The van der Waals surface area contributed by atoms with Crippen LogP contribution in [0.4, 0.5) is 5.69 Å². The first-order valence-electron chi connectivity index (χ1n) is 7.30. The van der Waals surface area contributed by atoms with Gasteiger partial charge in [0, 0.05) is 6.07 Å². The molecule has 0 aromatic heterocycles. The smallest absolute Gasteiger partial charge is 0.343 e. The van der Waals surface area contributed by atoms with Crippen LogP contribution in [0.5, 0.6) is 11.5 Å². The normalized spacial score (nSPS) is 10.1. The highest BCUT2D eigenvalue weighted by atomic mass is 16.6. The van der Waals surface area contributed by atoms with E-state index in [-0.39, 0.29) is 17.0 Å². The Morgan fingerprint density at radius 2 is 1.96 bits per heavy atom. The number of nitro groups is 1. The molecule has 0 spiro atoms. The van der Waals surface area contributed by atoms with Crippen LogP contribution < -0.4 is 9.47 Å². The quantitative estimate of drug-likeness (QED) is 0.254. The van der Waals surface area contributed by atoms with Crippen molar-refractivity contribution in [2.75, 3.05) is 6.61 Å². The summed E-state index contributed by atoms with van der Waals surface area (Å²) in [4.78, 5) is 22.5. The number of benzene rings is 2. The Hall–Kier alpha value is -2.89. The average Bonchev–Trinajstić information content (AvgIpc) is 2.55. The number of esters is 1. The van der Waals surface area contributed by atoms with Gasteiger partial charge in [-0.15, -0.1) is 0 Å². The number of para-hydroxylation sites is 2. The molecule has 0 heterocycles. The third-order valence-corrected chi connectivity index (χ3v) is 3.10. The lowest BCUT2D eigenvalue weighted by Crippen LogP contribution is -2.10. The van der Waals surface area contributed by atoms with Gasteiger partial charge in [0.2, 0.25) is 5.75 Å². The van der Waals surface area contributed by atoms with Crippen molar-refractivity contribution in [2.45, 2.75) is 19.8 Å². The van der Waals surface area contributed by atoms with E-state index in [0.717, 1.165) is 12.8 Å². The van der Waals surface area contributed by atoms with Crippen LogP contribution in [0.3, 0.4) is 0 Å². The zero-order valence-corrected chi connectivity index (χ0v) is 12.7. The summed E-state index contributed by atoms with van der Waals surface area (Å²) >= 11 is 0. The first-order valence-corrected chi connectivity index (χ1v) is 7.30. The van der Waals surface area contributed by atoms with Crippen molar-refractivity contribution < 1.29 is 19.2 Å². The summed E-state index contributed by atoms with van der Waals surface area (Å²) in [7, 11) is 0. The third kappa shape index (κ3) is 4.54. The fourth-order valence-corrected chi connectivity index (χ4v) is 1.90. The first kappa shape index (κ1) is 16.5. The lowest BCUT2D eigenvalue weighted by molar-refractivity contribution is -0.385. The fraction of sp³-hybridized carbons (Fsp3) is 0.235. The van der Waals surface area contributed by atoms with Gasteiger partial charge < -0.3 is 9.47 Å². The molecule has 2 aromatic rings. The number of carbonyl (C=O) groups excluding carboxylic acids is 1. The van der Waals surface area contributed by atoms with Crippen molar-refractivity contribution in [3.05, 3.63) is 64.2 Å². The standard InChI is InChI=1S/C17H17NO5/c1-2-3-11-22-14-8-6-7-13(12-14)17(19)23-16-10-5-4-9-15(16)18(20)21/h4-10,12H,2-3,11H2,1H3. The number of rotatable bonds is 7. The molecule has 0 N–H and O–H groups in total. The number of nitro benzene ring substituents is 1. The van der Waals surface area contributed by atoms with Gasteiger partial charge in [-0.2, -0.15) is 0 Å². The van der Waals surface area contributed by atoms with Crippen molar-refractivity contribution in [3.63, 3.8) is 0 Å². The van der Waals surface area contributed by atoms with Crippen LogP contribution in [0.1, 0.15) is 30.1 Å². The minimum Gasteiger partial charge on any atom is -0.494 e. The molecule has 120 valence electrons. The Kier molecular flexibility index (Phi) is 5.68. The van der Waals surface area contributed by atoms with E-state index in [1.54, 1.807) is 30.3 Å². The van der Waals surface area contributed by atoms with Gasteiger partial charge in [0.15, 0.2) is 0 Å². The monoisotopic (exact) mass is 315 g/mol. The van der Waals surface area contributed by atoms with Crippen LogP contribution in [0.15, 0.2) is 48.5 Å². The van der Waals surface area contributed by atoms with Crippen LogP contribution in [-0.2, 0) is 0 Å². The predicted molar refractivity (Wildman–Crippen MR) is 84.9 cm³/mol. The topological polar surface area (TPSA) is 78.7 Å². The van der Waals surface area contributed by atoms with E-state index in [2.05, 4.69) is 6.92 Å². The molecule has 6 nitrogen and oxygen atoms in total. The Morgan fingerprint density at radius 3 is 2.70 bits per heavy atom. The van der Waals surface area contributed by atoms with Gasteiger partial charge in [-0.3, -0.25) is 10.1 Å². The number of unbranched alkanes of at least 4 members (excludes halogenated alkanes) is 1. The van der Waals surface area contributed by atoms with E-state index in [9.17, 15) is 14.9 Å². The van der Waals surface area contributed by atoms with Crippen molar-refractivity contribution in [1.29, 1.82) is 0 Å². The molecule has 2 aromatic carbocycles. The Labute approximate surface area is 133 Å². The molecular formula is C17H17NO5. The minimum atomic E-state index is -0.666. The van der Waals surface area contributed by atoms with E-state index in [4.69, 9.17) is 9.47 Å². The van der Waals surface area contributed by atoms with Crippen LogP contribution in [0.2, 0.25) is 0 Å². The highest BCUT2D eigenvalue weighted by Crippen LogP contribution is 2.27. The van der Waals surface area contributed by atoms with Crippen molar-refractivity contribution >= 4 is 11.7 Å². The van der Waals surface area contributed by atoms with Gasteiger partial charge >= 0.3 is 11.7 Å². The number of hydrogen-bond donors (Lipinski definition) is 0. The SMILES string of the molecule is CCCCOc1cccc(C(=O)Oc2ccccc2[N+](=O)[O-])c1. The second-order valence-corrected chi connectivity index (χ2v) is 4.84. The van der Waals surface area contributed by atoms with E-state index in [1.807, 2.05) is 0 Å². The first-order chi connectivity index (χ1) is 11.1. The molecule has 0 amide bonds. The molecular weight excluding hydrogens is 298 g/mol. The molecule has 0 saturated carbocycles. The molecule has 0 fully saturated rings. The molecule has 2 rings (SSSR count). The number of carbonyl (C=O) groups is 1. The Morgan fingerprint density at radius 1 is 1.17 bits per heavy atom. The van der Waals surface area contributed by atoms with Gasteiger partial charge in [0.1, 0.15) is 5.75 Å². The summed E-state index contributed by atoms with van der Waals surface area (Å²) < 4.78 is 10.7. The van der Waals surface area contributed by atoms with Gasteiger partial charge in [-0.05, 0) is 30.7 Å². The summed E-state index contributed by atoms with van der Waals surface area (Å²) in [6.07, 6.45) is 1.93. The fourth-order valence-electron chi connectivity index (χ4n) is 1.90. The van der Waals surface area contributed by atoms with Gasteiger partial charge in [0.05, 0.1) is 17.1 Å². The van der Waals surface area contributed by atoms with Crippen molar-refractivity contribution in [1.82, 2.24) is 0 Å². The number of hydrogen-bond acceptors (Lipinski definition) is 5. The average molecular weight is 315 g/mol. The summed E-state index contributed by atoms with van der Waals surface area (Å²) in [5.41, 5.74) is 0.0216. The van der Waals surface area contributed by atoms with Crippen LogP contribution in [0.25, 0.3) is 0 Å². The second kappa shape index (κ2) is 7.93. The molecule has 0 aliphatic carbocycles. The Balaban J connectivity index is 2.12. The largest absolute Gasteiger partial charge is 0.494 e. The maximum absolute atomic E-state index is 12.2. The van der Waals surface area contributed by atoms with Crippen LogP contribution in [0, 0.1) is 10.1 Å². The maximum atomic E-state index is 12.2. The summed E-state index contributed by atoms with van der Waals surface area (Å²) in [6.45, 7) is 2.63. The predicted octanol–water partition coefficient (Wildman–Crippen LogP) is 3.99. The highest BCUT2D eigenvalue weighted by Gasteiger charge is 2.18. The molecule has 0 saturated heterocycles. The van der Waals surface area contributed by atoms with Crippen LogP contribution >= 0.6 is 0 Å². The van der Waals surface area contributed by atoms with Gasteiger partial charge in [-0.25, -0.2) is 4.79 Å². The molecule has 0 aliphatic rings. The lowest BCUT2D eigenvalue weighted by Gasteiger charge is -2.08. The van der Waals surface area contributed by atoms with Crippen molar-refractivity contribution in [2.24, 2.45) is 0 Å². The Bertz CT molecular complexity index is 699. The van der Waals surface area contributed by atoms with Crippen LogP contribution in [-0.4, -0.2) is 17.5 Å². The summed E-state index contributed by atoms with van der Waals surface area (Å²) in [6, 6.07) is 12.3. The molecule has 0 radical (unpaired) electrons. The molecule has 0 unspecified atom stereocenters. The number of nitrogens with zero attached hydrogens (tertiary/aromatic N) is 1. The summed E-state index contributed by atoms with van der Waals surface area (Å²) in [5.74, 6) is -0.185. The zero-order chi connectivity index (χ0) is 16.7. The third-order valence-electron chi connectivity index (χ3n) is 3.10. The zero-order valence-electron chi connectivity index (χ0n) is 12.7. The van der Waals surface area contributed by atoms with Gasteiger partial charge in [0.25, 0.3) is 0 Å². The van der Waals surface area contributed by atoms with E-state index >= 15 is 0 Å². The second-order valence-electron chi connectivity index (χ2n) is 4.84. The maximum Gasteiger partial charge on any atom is 0.343 e. The summed E-state index contributed by atoms with van der Waals surface area (Å²) in [5, 5.41) is 10.9. The van der Waals surface area contributed by atoms with E-state index < -0.39 is 10.9 Å². The minimum absolute atomic E-state index is 0.0835. The molecule has 0 aliphatic heterocycles. The highest BCUT2D eigenvalue weighted by molar-refractivity contribution is 5.91. The molecule has 0 bridgehead atoms. The van der Waals surface area contributed by atoms with E-state index in [0.29, 0.717) is 12.4 Å². The van der Waals surface area contributed by atoms with E-state index in [1.165, 1.54) is 18.2 Å². The number of ether oxygens (including phenoxy) is 2. The van der Waals surface area contributed by atoms with Crippen molar-refractivity contribution in [3.8, 4) is 11.5 Å². The van der Waals surface area contributed by atoms with Gasteiger partial charge in [-0.1, -0.05) is 31.5 Å². The molecule has 23 heavy (non-hydrogen) atoms. The molecule has 6 heteroatoms. The molecule has 0 atom stereocenters.